The molecular formula is C6H10N2. The van der Waals surface area contributed by atoms with Gasteiger partial charge in [-0.25, -0.2) is 0 Å². The quantitative estimate of drug-likeness (QED) is 0.529. The first kappa shape index (κ1) is 5.22. The smallest absolute Gasteiger partial charge is 0.0869 e. The van der Waals surface area contributed by atoms with Crippen LogP contribution >= 0.6 is 0 Å². The molecule has 2 heteroatoms. The lowest BCUT2D eigenvalue weighted by molar-refractivity contribution is 0.474. The summed E-state index contributed by atoms with van der Waals surface area (Å²) in [5.74, 6) is 0. The summed E-state index contributed by atoms with van der Waals surface area (Å²) in [4.78, 5) is 2.07. The standard InChI is InChI=1S/C6H10N2/c1-3-6-4-8(2)5-7-6/h3-4,7H,1,5H2,2H3. The van der Waals surface area contributed by atoms with E-state index in [2.05, 4.69) is 16.8 Å². The minimum atomic E-state index is 0.904. The Morgan fingerprint density at radius 3 is 3.00 bits per heavy atom. The molecule has 8 heavy (non-hydrogen) atoms. The second-order valence-electron chi connectivity index (χ2n) is 1.88. The molecule has 0 saturated carbocycles. The van der Waals surface area contributed by atoms with Crippen molar-refractivity contribution >= 4 is 0 Å². The first-order chi connectivity index (χ1) is 3.83. The fourth-order valence-electron chi connectivity index (χ4n) is 0.670. The fraction of sp³-hybridized carbons (Fsp3) is 0.333. The van der Waals surface area contributed by atoms with Crippen molar-refractivity contribution in [3.63, 3.8) is 0 Å². The molecule has 1 rings (SSSR count). The summed E-state index contributed by atoms with van der Waals surface area (Å²) in [5, 5.41) is 3.12. The Kier molecular flexibility index (Phi) is 1.24. The van der Waals surface area contributed by atoms with Gasteiger partial charge in [0, 0.05) is 13.2 Å². The van der Waals surface area contributed by atoms with E-state index in [0.717, 1.165) is 12.4 Å². The normalized spacial score (nSPS) is 17.6. The van der Waals surface area contributed by atoms with Gasteiger partial charge in [-0.2, -0.15) is 0 Å². The van der Waals surface area contributed by atoms with Crippen molar-refractivity contribution in [3.05, 3.63) is 24.6 Å². The Bertz CT molecular complexity index is 126. The fourth-order valence-corrected chi connectivity index (χ4v) is 0.670. The minimum Gasteiger partial charge on any atom is -0.367 e. The highest BCUT2D eigenvalue weighted by Gasteiger charge is 2.00. The average Bonchev–Trinajstić information content (AvgIpc) is 2.14. The molecule has 0 atom stereocenters. The van der Waals surface area contributed by atoms with E-state index in [9.17, 15) is 0 Å². The van der Waals surface area contributed by atoms with Crippen LogP contribution in [0.25, 0.3) is 0 Å². The van der Waals surface area contributed by atoms with Gasteiger partial charge in [-0.05, 0) is 6.08 Å². The largest absolute Gasteiger partial charge is 0.367 e. The number of rotatable bonds is 1. The third-order valence-electron chi connectivity index (χ3n) is 1.11. The van der Waals surface area contributed by atoms with E-state index >= 15 is 0 Å². The summed E-state index contributed by atoms with van der Waals surface area (Å²) in [6.45, 7) is 4.52. The Balaban J connectivity index is 2.56. The molecule has 0 radical (unpaired) electrons. The lowest BCUT2D eigenvalue weighted by Crippen LogP contribution is -2.16. The monoisotopic (exact) mass is 110 g/mol. The molecule has 0 unspecified atom stereocenters. The number of hydrogen-bond donors (Lipinski definition) is 1. The van der Waals surface area contributed by atoms with E-state index in [1.165, 1.54) is 0 Å². The Morgan fingerprint density at radius 2 is 2.75 bits per heavy atom. The van der Waals surface area contributed by atoms with E-state index in [0.29, 0.717) is 0 Å². The third kappa shape index (κ3) is 0.832. The van der Waals surface area contributed by atoms with Gasteiger partial charge in [-0.1, -0.05) is 6.58 Å². The van der Waals surface area contributed by atoms with Crippen molar-refractivity contribution in [2.45, 2.75) is 0 Å². The maximum absolute atomic E-state index is 3.62. The molecule has 2 nitrogen and oxygen atoms in total. The van der Waals surface area contributed by atoms with Crippen LogP contribution in [0.2, 0.25) is 0 Å². The Labute approximate surface area is 49.5 Å². The van der Waals surface area contributed by atoms with Gasteiger partial charge in [0.1, 0.15) is 0 Å². The molecule has 1 aliphatic rings. The van der Waals surface area contributed by atoms with Crippen LogP contribution in [0.15, 0.2) is 24.6 Å². The molecule has 44 valence electrons. The second kappa shape index (κ2) is 1.90. The van der Waals surface area contributed by atoms with Crippen LogP contribution in [-0.4, -0.2) is 18.6 Å². The molecule has 1 heterocycles. The molecule has 0 aromatic rings. The van der Waals surface area contributed by atoms with Crippen molar-refractivity contribution in [2.24, 2.45) is 0 Å². The van der Waals surface area contributed by atoms with Crippen LogP contribution in [0.4, 0.5) is 0 Å². The number of nitrogens with zero attached hydrogens (tertiary/aromatic N) is 1. The average molecular weight is 110 g/mol. The summed E-state index contributed by atoms with van der Waals surface area (Å²) < 4.78 is 0. The predicted molar refractivity (Wildman–Crippen MR) is 34.0 cm³/mol. The van der Waals surface area contributed by atoms with Gasteiger partial charge < -0.3 is 10.2 Å². The van der Waals surface area contributed by atoms with Crippen LogP contribution < -0.4 is 5.32 Å². The molecule has 0 amide bonds. The van der Waals surface area contributed by atoms with Crippen molar-refractivity contribution in [3.8, 4) is 0 Å². The van der Waals surface area contributed by atoms with E-state index in [-0.39, 0.29) is 0 Å². The number of nitrogens with one attached hydrogen (secondary N) is 1. The second-order valence-corrected chi connectivity index (χ2v) is 1.88. The summed E-state index contributed by atoms with van der Waals surface area (Å²) >= 11 is 0. The molecule has 0 aliphatic carbocycles. The van der Waals surface area contributed by atoms with Crippen molar-refractivity contribution < 1.29 is 0 Å². The maximum Gasteiger partial charge on any atom is 0.0869 e. The molecule has 0 saturated heterocycles. The molecule has 0 aromatic carbocycles. The van der Waals surface area contributed by atoms with Crippen LogP contribution in [0, 0.1) is 0 Å². The van der Waals surface area contributed by atoms with Crippen LogP contribution in [0.5, 0.6) is 0 Å². The lowest BCUT2D eigenvalue weighted by Gasteiger charge is -2.02. The summed E-state index contributed by atoms with van der Waals surface area (Å²) in [7, 11) is 2.02. The zero-order valence-corrected chi connectivity index (χ0v) is 5.02. The van der Waals surface area contributed by atoms with Gasteiger partial charge in [0.2, 0.25) is 0 Å². The van der Waals surface area contributed by atoms with Gasteiger partial charge in [0.25, 0.3) is 0 Å². The van der Waals surface area contributed by atoms with E-state index in [1.807, 2.05) is 19.3 Å². The van der Waals surface area contributed by atoms with E-state index in [4.69, 9.17) is 0 Å². The van der Waals surface area contributed by atoms with E-state index in [1.54, 1.807) is 0 Å². The first-order valence-corrected chi connectivity index (χ1v) is 2.61. The van der Waals surface area contributed by atoms with Crippen molar-refractivity contribution in [1.82, 2.24) is 10.2 Å². The molecule has 0 bridgehead atoms. The van der Waals surface area contributed by atoms with Gasteiger partial charge in [-0.15, -0.1) is 0 Å². The topological polar surface area (TPSA) is 15.3 Å². The molecular weight excluding hydrogens is 100 g/mol. The highest BCUT2D eigenvalue weighted by Crippen LogP contribution is 1.99. The molecule has 0 fully saturated rings. The predicted octanol–water partition coefficient (Wildman–Crippen LogP) is 0.506. The molecule has 0 aromatic heterocycles. The molecule has 1 aliphatic heterocycles. The van der Waals surface area contributed by atoms with Gasteiger partial charge in [-0.3, -0.25) is 0 Å². The highest BCUT2D eigenvalue weighted by atomic mass is 15.2. The Hall–Kier alpha value is -0.920. The first-order valence-electron chi connectivity index (χ1n) is 2.61. The lowest BCUT2D eigenvalue weighted by atomic mass is 10.5. The zero-order chi connectivity index (χ0) is 5.98. The van der Waals surface area contributed by atoms with Crippen molar-refractivity contribution in [2.75, 3.05) is 13.7 Å². The minimum absolute atomic E-state index is 0.904. The van der Waals surface area contributed by atoms with Crippen LogP contribution in [0.1, 0.15) is 0 Å². The SMILES string of the molecule is C=CC1=CN(C)CN1. The van der Waals surface area contributed by atoms with Gasteiger partial charge in [0.15, 0.2) is 0 Å². The van der Waals surface area contributed by atoms with Crippen LogP contribution in [0.3, 0.4) is 0 Å². The van der Waals surface area contributed by atoms with E-state index < -0.39 is 0 Å². The van der Waals surface area contributed by atoms with Crippen LogP contribution in [-0.2, 0) is 0 Å². The van der Waals surface area contributed by atoms with Gasteiger partial charge in [0.05, 0.1) is 12.4 Å². The molecule has 1 N–H and O–H groups in total. The molecule has 0 spiro atoms. The highest BCUT2D eigenvalue weighted by molar-refractivity contribution is 5.16. The number of allylic oxidation sites excluding steroid dienone is 1. The summed E-state index contributed by atoms with van der Waals surface area (Å²) in [6, 6.07) is 0. The van der Waals surface area contributed by atoms with Crippen molar-refractivity contribution in [1.29, 1.82) is 0 Å². The maximum atomic E-state index is 3.62. The summed E-state index contributed by atoms with van der Waals surface area (Å²) in [6.07, 6.45) is 3.83. The summed E-state index contributed by atoms with van der Waals surface area (Å²) in [5.41, 5.74) is 1.10. The van der Waals surface area contributed by atoms with Gasteiger partial charge >= 0.3 is 0 Å². The zero-order valence-electron chi connectivity index (χ0n) is 5.02. The Morgan fingerprint density at radius 1 is 2.00 bits per heavy atom. The number of hydrogen-bond acceptors (Lipinski definition) is 2. The third-order valence-corrected chi connectivity index (χ3v) is 1.11.